The SMILES string of the molecule is COc1ccc(Cl)cc1-c1nc(C(=O)NC2CC2)c(C)n1CC1CCCCC1. The molecular formula is C22H28ClN3O2. The van der Waals surface area contributed by atoms with Crippen molar-refractivity contribution in [2.75, 3.05) is 7.11 Å². The Bertz CT molecular complexity index is 867. The maximum Gasteiger partial charge on any atom is 0.271 e. The highest BCUT2D eigenvalue weighted by atomic mass is 35.5. The van der Waals surface area contributed by atoms with Crippen LogP contribution in [0, 0.1) is 12.8 Å². The number of hydrogen-bond acceptors (Lipinski definition) is 3. The predicted octanol–water partition coefficient (Wildman–Crippen LogP) is 4.99. The van der Waals surface area contributed by atoms with E-state index in [9.17, 15) is 4.79 Å². The second-order valence-corrected chi connectivity index (χ2v) is 8.51. The number of hydrogen-bond donors (Lipinski definition) is 1. The first kappa shape index (κ1) is 19.3. The Labute approximate surface area is 171 Å². The molecule has 0 bridgehead atoms. The van der Waals surface area contributed by atoms with E-state index in [1.54, 1.807) is 7.11 Å². The Morgan fingerprint density at radius 3 is 2.68 bits per heavy atom. The molecule has 2 aliphatic rings. The fourth-order valence-corrected chi connectivity index (χ4v) is 4.31. The Morgan fingerprint density at radius 2 is 2.00 bits per heavy atom. The number of nitrogens with one attached hydrogen (secondary N) is 1. The Balaban J connectivity index is 1.76. The van der Waals surface area contributed by atoms with E-state index < -0.39 is 0 Å². The van der Waals surface area contributed by atoms with E-state index in [0.29, 0.717) is 28.4 Å². The van der Waals surface area contributed by atoms with Gasteiger partial charge in [0.15, 0.2) is 0 Å². The lowest BCUT2D eigenvalue weighted by atomic mass is 9.89. The molecule has 2 aliphatic carbocycles. The molecule has 1 amide bonds. The van der Waals surface area contributed by atoms with Crippen LogP contribution in [0.5, 0.6) is 5.75 Å². The fraction of sp³-hybridized carbons (Fsp3) is 0.545. The monoisotopic (exact) mass is 401 g/mol. The Kier molecular flexibility index (Phi) is 5.63. The van der Waals surface area contributed by atoms with Gasteiger partial charge >= 0.3 is 0 Å². The second-order valence-electron chi connectivity index (χ2n) is 8.08. The lowest BCUT2D eigenvalue weighted by molar-refractivity contribution is 0.0945. The van der Waals surface area contributed by atoms with Crippen LogP contribution in [0.25, 0.3) is 11.4 Å². The summed E-state index contributed by atoms with van der Waals surface area (Å²) in [5.41, 5.74) is 2.26. The molecule has 2 fully saturated rings. The molecule has 150 valence electrons. The van der Waals surface area contributed by atoms with Crippen LogP contribution in [0.4, 0.5) is 0 Å². The molecule has 4 rings (SSSR count). The van der Waals surface area contributed by atoms with Gasteiger partial charge in [-0.15, -0.1) is 0 Å². The van der Waals surface area contributed by atoms with E-state index in [2.05, 4.69) is 9.88 Å². The van der Waals surface area contributed by atoms with Gasteiger partial charge in [-0.05, 0) is 56.7 Å². The molecule has 1 aromatic carbocycles. The van der Waals surface area contributed by atoms with Crippen molar-refractivity contribution in [1.82, 2.24) is 14.9 Å². The van der Waals surface area contributed by atoms with Crippen LogP contribution in [0.1, 0.15) is 61.1 Å². The maximum absolute atomic E-state index is 12.8. The minimum atomic E-state index is -0.0790. The number of methoxy groups -OCH3 is 1. The van der Waals surface area contributed by atoms with Gasteiger partial charge < -0.3 is 14.6 Å². The van der Waals surface area contributed by atoms with Crippen LogP contribution >= 0.6 is 11.6 Å². The predicted molar refractivity (Wildman–Crippen MR) is 111 cm³/mol. The zero-order valence-corrected chi connectivity index (χ0v) is 17.4. The van der Waals surface area contributed by atoms with Crippen molar-refractivity contribution in [3.8, 4) is 17.1 Å². The Hall–Kier alpha value is -2.01. The van der Waals surface area contributed by atoms with Gasteiger partial charge in [-0.2, -0.15) is 0 Å². The summed E-state index contributed by atoms with van der Waals surface area (Å²) >= 11 is 6.28. The lowest BCUT2D eigenvalue weighted by Gasteiger charge is -2.24. The third kappa shape index (κ3) is 4.04. The third-order valence-electron chi connectivity index (χ3n) is 5.92. The normalized spacial score (nSPS) is 17.5. The molecule has 0 saturated heterocycles. The molecule has 6 heteroatoms. The van der Waals surface area contributed by atoms with Crippen LogP contribution in [0.3, 0.4) is 0 Å². The van der Waals surface area contributed by atoms with Crippen molar-refractivity contribution < 1.29 is 9.53 Å². The zero-order chi connectivity index (χ0) is 19.7. The summed E-state index contributed by atoms with van der Waals surface area (Å²) in [6, 6.07) is 5.85. The number of imidazole rings is 1. The maximum atomic E-state index is 12.8. The zero-order valence-electron chi connectivity index (χ0n) is 16.6. The van der Waals surface area contributed by atoms with E-state index in [4.69, 9.17) is 21.3 Å². The molecule has 0 spiro atoms. The van der Waals surface area contributed by atoms with Crippen molar-refractivity contribution in [1.29, 1.82) is 0 Å². The van der Waals surface area contributed by atoms with Gasteiger partial charge in [0.25, 0.3) is 5.91 Å². The highest BCUT2D eigenvalue weighted by molar-refractivity contribution is 6.30. The molecule has 28 heavy (non-hydrogen) atoms. The quantitative estimate of drug-likeness (QED) is 0.741. The number of nitrogens with zero attached hydrogens (tertiary/aromatic N) is 2. The second kappa shape index (κ2) is 8.16. The molecule has 1 N–H and O–H groups in total. The molecule has 5 nitrogen and oxygen atoms in total. The number of amides is 1. The molecule has 1 heterocycles. The van der Waals surface area contributed by atoms with Gasteiger partial charge in [-0.3, -0.25) is 4.79 Å². The van der Waals surface area contributed by atoms with E-state index in [0.717, 1.165) is 36.5 Å². The van der Waals surface area contributed by atoms with Gasteiger partial charge in [0.05, 0.1) is 12.7 Å². The van der Waals surface area contributed by atoms with E-state index >= 15 is 0 Å². The van der Waals surface area contributed by atoms with Gasteiger partial charge in [0.1, 0.15) is 17.3 Å². The molecule has 2 aromatic rings. The van der Waals surface area contributed by atoms with Gasteiger partial charge in [-0.25, -0.2) is 4.98 Å². The lowest BCUT2D eigenvalue weighted by Crippen LogP contribution is -2.26. The Morgan fingerprint density at radius 1 is 1.25 bits per heavy atom. The van der Waals surface area contributed by atoms with Crippen LogP contribution in [0.2, 0.25) is 5.02 Å². The first-order chi connectivity index (χ1) is 13.6. The number of carbonyl (C=O) groups is 1. The average molecular weight is 402 g/mol. The van der Waals surface area contributed by atoms with E-state index in [1.165, 1.54) is 32.1 Å². The number of carbonyl (C=O) groups excluding carboxylic acids is 1. The molecule has 1 aromatic heterocycles. The van der Waals surface area contributed by atoms with Crippen LogP contribution < -0.4 is 10.1 Å². The summed E-state index contributed by atoms with van der Waals surface area (Å²) in [7, 11) is 1.65. The third-order valence-corrected chi connectivity index (χ3v) is 6.15. The highest BCUT2D eigenvalue weighted by Crippen LogP contribution is 2.35. The van der Waals surface area contributed by atoms with E-state index in [1.807, 2.05) is 25.1 Å². The van der Waals surface area contributed by atoms with Crippen LogP contribution in [0.15, 0.2) is 18.2 Å². The first-order valence-corrected chi connectivity index (χ1v) is 10.7. The van der Waals surface area contributed by atoms with Gasteiger partial charge in [0, 0.05) is 23.3 Å². The average Bonchev–Trinajstić information content (AvgIpc) is 3.46. The molecule has 0 atom stereocenters. The van der Waals surface area contributed by atoms with Crippen molar-refractivity contribution >= 4 is 17.5 Å². The topological polar surface area (TPSA) is 56.1 Å². The van der Waals surface area contributed by atoms with Crippen LogP contribution in [-0.4, -0.2) is 28.6 Å². The van der Waals surface area contributed by atoms with Crippen molar-refractivity contribution in [2.24, 2.45) is 5.92 Å². The fourth-order valence-electron chi connectivity index (χ4n) is 4.14. The number of ether oxygens (including phenoxy) is 1. The summed E-state index contributed by atoms with van der Waals surface area (Å²) < 4.78 is 7.77. The molecule has 0 radical (unpaired) electrons. The van der Waals surface area contributed by atoms with E-state index in [-0.39, 0.29) is 5.91 Å². The summed E-state index contributed by atoms with van der Waals surface area (Å²) in [5, 5.41) is 3.70. The largest absolute Gasteiger partial charge is 0.496 e. The first-order valence-electron chi connectivity index (χ1n) is 10.3. The van der Waals surface area contributed by atoms with Gasteiger partial charge in [-0.1, -0.05) is 30.9 Å². The number of halogens is 1. The summed E-state index contributed by atoms with van der Waals surface area (Å²) in [4.78, 5) is 17.6. The van der Waals surface area contributed by atoms with Gasteiger partial charge in [0.2, 0.25) is 0 Å². The van der Waals surface area contributed by atoms with Crippen LogP contribution in [-0.2, 0) is 6.54 Å². The number of rotatable bonds is 6. The van der Waals surface area contributed by atoms with Crippen molar-refractivity contribution in [2.45, 2.75) is 64.5 Å². The molecule has 0 aliphatic heterocycles. The standard InChI is InChI=1S/C22H28ClN3O2/c1-14-20(22(27)24-17-9-10-17)25-21(18-12-16(23)8-11-19(18)28-2)26(14)13-15-6-4-3-5-7-15/h8,11-12,15,17H,3-7,9-10,13H2,1-2H3,(H,24,27). The smallest absolute Gasteiger partial charge is 0.271 e. The number of aromatic nitrogens is 2. The summed E-state index contributed by atoms with van der Waals surface area (Å²) in [5.74, 6) is 2.02. The minimum Gasteiger partial charge on any atom is -0.496 e. The molecular weight excluding hydrogens is 374 g/mol. The molecule has 0 unspecified atom stereocenters. The van der Waals surface area contributed by atoms with Crippen molar-refractivity contribution in [3.63, 3.8) is 0 Å². The minimum absolute atomic E-state index is 0.0790. The number of benzene rings is 1. The summed E-state index contributed by atoms with van der Waals surface area (Å²) in [6.45, 7) is 2.87. The summed E-state index contributed by atoms with van der Waals surface area (Å²) in [6.07, 6.45) is 8.46. The van der Waals surface area contributed by atoms with Crippen molar-refractivity contribution in [3.05, 3.63) is 34.6 Å². The molecule has 2 saturated carbocycles. The highest BCUT2D eigenvalue weighted by Gasteiger charge is 2.29.